The van der Waals surface area contributed by atoms with E-state index in [4.69, 9.17) is 0 Å². The molecule has 2 fully saturated rings. The molecule has 23 heavy (non-hydrogen) atoms. The second-order valence-corrected chi connectivity index (χ2v) is 9.33. The molecule has 4 rings (SSSR count). The lowest BCUT2D eigenvalue weighted by Crippen LogP contribution is -3.15. The largest absolute Gasteiger partial charge is 0.327 e. The smallest absolute Gasteiger partial charge is 0.113 e. The maximum Gasteiger partial charge on any atom is 0.113 e. The van der Waals surface area contributed by atoms with Crippen LogP contribution in [0, 0.1) is 12.8 Å². The minimum Gasteiger partial charge on any atom is -0.327 e. The molecule has 2 aromatic rings. The summed E-state index contributed by atoms with van der Waals surface area (Å²) < 4.78 is 0. The molecule has 120 valence electrons. The molecule has 0 amide bonds. The number of fused-ring (bicyclic) bond motifs is 2. The maximum absolute atomic E-state index is 4.02. The normalized spacial score (nSPS) is 32.3. The van der Waals surface area contributed by atoms with Crippen molar-refractivity contribution in [3.05, 3.63) is 65.7 Å². The van der Waals surface area contributed by atoms with Crippen LogP contribution in [0.4, 0.5) is 0 Å². The first-order chi connectivity index (χ1) is 11.2. The molecule has 2 bridgehead atoms. The Morgan fingerprint density at radius 2 is 1.83 bits per heavy atom. The molecule has 1 nitrogen and oxygen atoms in total. The summed E-state index contributed by atoms with van der Waals surface area (Å²) in [6.45, 7) is 4.64. The van der Waals surface area contributed by atoms with E-state index in [2.05, 4.69) is 89.2 Å². The summed E-state index contributed by atoms with van der Waals surface area (Å²) in [7, 11) is 0. The van der Waals surface area contributed by atoms with E-state index >= 15 is 0 Å². The molecular weight excluding hydrogens is 366 g/mol. The van der Waals surface area contributed by atoms with Gasteiger partial charge >= 0.3 is 0 Å². The molecule has 1 saturated carbocycles. The number of piperidine rings is 1. The third kappa shape index (κ3) is 3.24. The van der Waals surface area contributed by atoms with Crippen LogP contribution in [-0.2, 0) is 6.54 Å². The number of halogens is 1. The van der Waals surface area contributed by atoms with Gasteiger partial charge in [0, 0.05) is 16.4 Å². The van der Waals surface area contributed by atoms with E-state index in [0.29, 0.717) is 4.83 Å². The van der Waals surface area contributed by atoms with Gasteiger partial charge in [0.25, 0.3) is 0 Å². The average Bonchev–Trinajstić information content (AvgIpc) is 3.02. The van der Waals surface area contributed by atoms with Crippen molar-refractivity contribution in [1.29, 1.82) is 0 Å². The SMILES string of the molecule is Cc1ccc(S[C@@H]2C[C@H]3C[NH+](Cc4ccccc4)[C@@H]2[C@@H]3Br)cc1. The van der Waals surface area contributed by atoms with Gasteiger partial charge in [0.2, 0.25) is 0 Å². The first-order valence-electron chi connectivity index (χ1n) is 8.46. The number of hydrogen-bond acceptors (Lipinski definition) is 1. The molecule has 3 heteroatoms. The quantitative estimate of drug-likeness (QED) is 0.782. The molecule has 5 atom stereocenters. The zero-order valence-electron chi connectivity index (χ0n) is 13.4. The lowest BCUT2D eigenvalue weighted by molar-refractivity contribution is -0.929. The highest BCUT2D eigenvalue weighted by Crippen LogP contribution is 2.42. The molecule has 0 radical (unpaired) electrons. The van der Waals surface area contributed by atoms with Gasteiger partial charge in [-0.05, 0) is 25.5 Å². The van der Waals surface area contributed by atoms with Crippen LogP contribution in [0.2, 0.25) is 0 Å². The lowest BCUT2D eigenvalue weighted by atomic mass is 10.1. The van der Waals surface area contributed by atoms with Crippen molar-refractivity contribution in [3.8, 4) is 0 Å². The van der Waals surface area contributed by atoms with Gasteiger partial charge in [-0.1, -0.05) is 64.0 Å². The summed E-state index contributed by atoms with van der Waals surface area (Å²) in [5, 5.41) is 0.736. The Bertz CT molecular complexity index is 657. The van der Waals surface area contributed by atoms with Crippen molar-refractivity contribution in [2.75, 3.05) is 6.54 Å². The molecule has 0 spiro atoms. The molecule has 2 aromatic carbocycles. The van der Waals surface area contributed by atoms with E-state index in [1.807, 2.05) is 0 Å². The minimum atomic E-state index is 0.684. The Morgan fingerprint density at radius 3 is 2.52 bits per heavy atom. The highest BCUT2D eigenvalue weighted by molar-refractivity contribution is 9.09. The minimum absolute atomic E-state index is 0.684. The van der Waals surface area contributed by atoms with E-state index in [1.165, 1.54) is 29.0 Å². The van der Waals surface area contributed by atoms with Gasteiger partial charge in [0.05, 0.1) is 16.6 Å². The Hall–Kier alpha value is -0.770. The number of rotatable bonds is 4. The van der Waals surface area contributed by atoms with Gasteiger partial charge in [0.1, 0.15) is 12.6 Å². The molecule has 1 N–H and O–H groups in total. The van der Waals surface area contributed by atoms with Crippen LogP contribution in [0.3, 0.4) is 0 Å². The van der Waals surface area contributed by atoms with Crippen molar-refractivity contribution in [1.82, 2.24) is 0 Å². The van der Waals surface area contributed by atoms with Gasteiger partial charge in [-0.15, -0.1) is 11.8 Å². The molecule has 1 aliphatic carbocycles. The van der Waals surface area contributed by atoms with Crippen molar-refractivity contribution in [3.63, 3.8) is 0 Å². The third-order valence-electron chi connectivity index (χ3n) is 5.31. The first-order valence-corrected chi connectivity index (χ1v) is 10.3. The van der Waals surface area contributed by atoms with Gasteiger partial charge in [-0.3, -0.25) is 0 Å². The fourth-order valence-corrected chi connectivity index (χ4v) is 7.03. The Morgan fingerprint density at radius 1 is 1.09 bits per heavy atom. The van der Waals surface area contributed by atoms with Crippen LogP contribution in [0.15, 0.2) is 59.5 Å². The van der Waals surface area contributed by atoms with Gasteiger partial charge in [-0.25, -0.2) is 0 Å². The zero-order valence-corrected chi connectivity index (χ0v) is 15.8. The van der Waals surface area contributed by atoms with Crippen LogP contribution < -0.4 is 4.90 Å². The van der Waals surface area contributed by atoms with E-state index < -0.39 is 0 Å². The number of alkyl halides is 1. The van der Waals surface area contributed by atoms with Crippen LogP contribution in [0.25, 0.3) is 0 Å². The van der Waals surface area contributed by atoms with Gasteiger partial charge in [-0.2, -0.15) is 0 Å². The predicted molar refractivity (Wildman–Crippen MR) is 101 cm³/mol. The number of nitrogens with one attached hydrogen (secondary N) is 1. The molecule has 0 aromatic heterocycles. The Labute approximate surface area is 151 Å². The second kappa shape index (κ2) is 6.62. The molecule has 1 unspecified atom stereocenters. The molecule has 1 saturated heterocycles. The number of aryl methyl sites for hydroxylation is 1. The molecule has 1 aliphatic heterocycles. The summed E-state index contributed by atoms with van der Waals surface area (Å²) in [4.78, 5) is 3.87. The monoisotopic (exact) mass is 388 g/mol. The maximum atomic E-state index is 4.02. The summed E-state index contributed by atoms with van der Waals surface area (Å²) >= 11 is 6.11. The molecular formula is C20H23BrNS+. The number of thioether (sulfide) groups is 1. The Kier molecular flexibility index (Phi) is 4.53. The van der Waals surface area contributed by atoms with Crippen molar-refractivity contribution in [2.45, 2.75) is 40.9 Å². The number of quaternary nitrogens is 1. The van der Waals surface area contributed by atoms with E-state index in [9.17, 15) is 0 Å². The van der Waals surface area contributed by atoms with Crippen LogP contribution in [0.5, 0.6) is 0 Å². The molecule has 2 aliphatic rings. The zero-order chi connectivity index (χ0) is 15.8. The average molecular weight is 389 g/mol. The van der Waals surface area contributed by atoms with E-state index in [1.54, 1.807) is 4.90 Å². The van der Waals surface area contributed by atoms with Crippen molar-refractivity contribution >= 4 is 27.7 Å². The first kappa shape index (κ1) is 15.7. The summed E-state index contributed by atoms with van der Waals surface area (Å²) in [6.07, 6.45) is 1.36. The fourth-order valence-electron chi connectivity index (χ4n) is 4.19. The van der Waals surface area contributed by atoms with Crippen LogP contribution in [0.1, 0.15) is 17.5 Å². The van der Waals surface area contributed by atoms with Gasteiger partial charge < -0.3 is 4.90 Å². The predicted octanol–water partition coefficient (Wildman–Crippen LogP) is 3.71. The summed E-state index contributed by atoms with van der Waals surface area (Å²) in [6, 6.07) is 20.7. The topological polar surface area (TPSA) is 4.44 Å². The Balaban J connectivity index is 1.48. The summed E-state index contributed by atoms with van der Waals surface area (Å²) in [5.41, 5.74) is 2.81. The highest BCUT2D eigenvalue weighted by Gasteiger charge is 2.55. The number of likely N-dealkylation sites (tertiary alicyclic amines) is 1. The highest BCUT2D eigenvalue weighted by atomic mass is 79.9. The van der Waals surface area contributed by atoms with Gasteiger partial charge in [0.15, 0.2) is 0 Å². The number of hydrogen-bond donors (Lipinski definition) is 1. The fraction of sp³-hybridized carbons (Fsp3) is 0.400. The van der Waals surface area contributed by atoms with E-state index in [0.717, 1.165) is 23.8 Å². The standard InChI is InChI=1S/C20H22BrNS/c1-14-7-9-17(10-8-14)23-18-11-16-13-22(20(18)19(16)21)12-15-5-3-2-4-6-15/h2-10,16,18-20H,11-13H2,1H3/p+1/t16-,18+,19+,20-/m0/s1. The summed E-state index contributed by atoms with van der Waals surface area (Å²) in [5.74, 6) is 0.835. The van der Waals surface area contributed by atoms with Crippen molar-refractivity contribution < 1.29 is 4.90 Å². The molecule has 1 heterocycles. The van der Waals surface area contributed by atoms with Crippen LogP contribution in [-0.4, -0.2) is 22.7 Å². The van der Waals surface area contributed by atoms with Crippen molar-refractivity contribution in [2.24, 2.45) is 5.92 Å². The van der Waals surface area contributed by atoms with Crippen LogP contribution >= 0.6 is 27.7 Å². The second-order valence-electron chi connectivity index (χ2n) is 6.96. The lowest BCUT2D eigenvalue weighted by Gasteiger charge is -2.30. The van der Waals surface area contributed by atoms with E-state index in [-0.39, 0.29) is 0 Å². The third-order valence-corrected chi connectivity index (χ3v) is 7.96. The number of benzene rings is 2.